The van der Waals surface area contributed by atoms with Gasteiger partial charge in [0.1, 0.15) is 0 Å². The molecule has 0 radical (unpaired) electrons. The maximum Gasteiger partial charge on any atom is 0.278 e. The number of carbonyl (C=O) groups excluding carboxylic acids is 1. The summed E-state index contributed by atoms with van der Waals surface area (Å²) in [7, 11) is 0. The Morgan fingerprint density at radius 2 is 2.19 bits per heavy atom. The molecule has 0 spiro atoms. The van der Waals surface area contributed by atoms with Crippen molar-refractivity contribution in [1.29, 1.82) is 0 Å². The monoisotopic (exact) mass is 368 g/mol. The molecule has 21 heavy (non-hydrogen) atoms. The summed E-state index contributed by atoms with van der Waals surface area (Å²) in [6.45, 7) is 1.76. The highest BCUT2D eigenvalue weighted by Crippen LogP contribution is 2.28. The molecule has 1 aromatic carbocycles. The zero-order chi connectivity index (χ0) is 15.4. The van der Waals surface area contributed by atoms with Crippen molar-refractivity contribution in [3.63, 3.8) is 0 Å². The van der Waals surface area contributed by atoms with Crippen molar-refractivity contribution < 1.29 is 4.79 Å². The third-order valence-corrected chi connectivity index (χ3v) is 3.77. The third kappa shape index (κ3) is 3.70. The number of amides is 1. The first kappa shape index (κ1) is 15.7. The van der Waals surface area contributed by atoms with Crippen LogP contribution in [0.3, 0.4) is 0 Å². The van der Waals surface area contributed by atoms with Gasteiger partial charge in [0.25, 0.3) is 5.56 Å². The number of H-pyrrole nitrogens is 1. The number of aromatic nitrogens is 3. The lowest BCUT2D eigenvalue weighted by atomic mass is 10.1. The number of nitrogens with one attached hydrogen (secondary N) is 2. The molecule has 0 saturated heterocycles. The molecule has 1 heterocycles. The number of nitrogens with zero attached hydrogens (tertiary/aromatic N) is 2. The van der Waals surface area contributed by atoms with Crippen molar-refractivity contribution in [1.82, 2.24) is 15.2 Å². The Morgan fingerprint density at radius 1 is 1.43 bits per heavy atom. The number of benzene rings is 1. The van der Waals surface area contributed by atoms with Gasteiger partial charge in [-0.15, -0.1) is 10.2 Å². The summed E-state index contributed by atoms with van der Waals surface area (Å²) in [5.41, 5.74) is 0.870. The van der Waals surface area contributed by atoms with Gasteiger partial charge in [-0.3, -0.25) is 14.6 Å². The Bertz CT molecular complexity index is 732. The highest BCUT2D eigenvalue weighted by atomic mass is 79.9. The lowest BCUT2D eigenvalue weighted by molar-refractivity contribution is -0.115. The number of hydrogen-bond donors (Lipinski definition) is 2. The van der Waals surface area contributed by atoms with Gasteiger partial charge in [0.05, 0.1) is 5.69 Å². The van der Waals surface area contributed by atoms with Crippen molar-refractivity contribution in [3.05, 3.63) is 33.0 Å². The predicted octanol–water partition coefficient (Wildman–Crippen LogP) is 2.66. The molecule has 2 rings (SSSR count). The second kappa shape index (κ2) is 6.86. The molecule has 0 saturated carbocycles. The minimum Gasteiger partial charge on any atom is -0.325 e. The predicted molar refractivity (Wildman–Crippen MR) is 86.5 cm³/mol. The molecule has 1 amide bonds. The molecule has 8 heteroatoms. The Balaban J connectivity index is 2.54. The molecule has 1 aromatic heterocycles. The average Bonchev–Trinajstić information content (AvgIpc) is 2.48. The average molecular weight is 369 g/mol. The minimum absolute atomic E-state index is 0.135. The van der Waals surface area contributed by atoms with E-state index in [0.29, 0.717) is 22.8 Å². The van der Waals surface area contributed by atoms with Crippen LogP contribution in [0.5, 0.6) is 0 Å². The molecular formula is C13H13BrN4O2S. The van der Waals surface area contributed by atoms with E-state index in [0.717, 1.165) is 4.47 Å². The van der Waals surface area contributed by atoms with Gasteiger partial charge in [0.2, 0.25) is 5.91 Å². The SMILES string of the molecule is CCC(=O)Nc1ccc(Br)cc1-c1nnc(SC)[nH]c1=O. The third-order valence-electron chi connectivity index (χ3n) is 2.70. The number of aromatic amines is 1. The summed E-state index contributed by atoms with van der Waals surface area (Å²) in [5.74, 6) is -0.135. The Morgan fingerprint density at radius 3 is 2.81 bits per heavy atom. The fourth-order valence-corrected chi connectivity index (χ4v) is 2.33. The maximum atomic E-state index is 12.1. The van der Waals surface area contributed by atoms with Crippen LogP contribution in [-0.4, -0.2) is 27.3 Å². The number of anilines is 1. The smallest absolute Gasteiger partial charge is 0.278 e. The van der Waals surface area contributed by atoms with E-state index in [1.807, 2.05) is 0 Å². The number of hydrogen-bond acceptors (Lipinski definition) is 5. The fourth-order valence-electron chi connectivity index (χ4n) is 1.65. The van der Waals surface area contributed by atoms with Gasteiger partial charge in [-0.05, 0) is 24.5 Å². The summed E-state index contributed by atoms with van der Waals surface area (Å²) in [5, 5.41) is 11.1. The van der Waals surface area contributed by atoms with Crippen molar-refractivity contribution in [2.45, 2.75) is 18.5 Å². The summed E-state index contributed by atoms with van der Waals surface area (Å²) >= 11 is 4.65. The van der Waals surface area contributed by atoms with Gasteiger partial charge in [-0.1, -0.05) is 34.6 Å². The molecule has 110 valence electrons. The molecule has 2 N–H and O–H groups in total. The zero-order valence-corrected chi connectivity index (χ0v) is 13.8. The standard InChI is InChI=1S/C13H13BrN4O2S/c1-3-10(19)15-9-5-4-7(14)6-8(9)11-12(20)16-13(21-2)18-17-11/h4-6H,3H2,1-2H3,(H,15,19)(H,16,18,20). The van der Waals surface area contributed by atoms with Crippen LogP contribution in [0.2, 0.25) is 0 Å². The summed E-state index contributed by atoms with van der Waals surface area (Å²) in [4.78, 5) is 26.3. The molecule has 0 unspecified atom stereocenters. The number of carbonyl (C=O) groups is 1. The molecular weight excluding hydrogens is 356 g/mol. The van der Waals surface area contributed by atoms with Crippen LogP contribution in [0, 0.1) is 0 Å². The van der Waals surface area contributed by atoms with Gasteiger partial charge < -0.3 is 5.32 Å². The lowest BCUT2D eigenvalue weighted by Gasteiger charge is -2.10. The Kier molecular flexibility index (Phi) is 5.13. The second-order valence-corrected chi connectivity index (χ2v) is 5.81. The molecule has 0 fully saturated rings. The molecule has 0 aliphatic heterocycles. The van der Waals surface area contributed by atoms with E-state index in [1.165, 1.54) is 11.8 Å². The first-order valence-corrected chi connectivity index (χ1v) is 8.17. The molecule has 0 aliphatic rings. The van der Waals surface area contributed by atoms with Crippen LogP contribution in [0.25, 0.3) is 11.3 Å². The Labute approximate surface area is 133 Å². The van der Waals surface area contributed by atoms with Gasteiger partial charge in [0, 0.05) is 16.5 Å². The first-order valence-electron chi connectivity index (χ1n) is 6.16. The lowest BCUT2D eigenvalue weighted by Crippen LogP contribution is -2.16. The van der Waals surface area contributed by atoms with E-state index in [4.69, 9.17) is 0 Å². The van der Waals surface area contributed by atoms with Crippen LogP contribution in [-0.2, 0) is 4.79 Å². The largest absolute Gasteiger partial charge is 0.325 e. The van der Waals surface area contributed by atoms with E-state index in [1.54, 1.807) is 31.4 Å². The molecule has 0 bridgehead atoms. The van der Waals surface area contributed by atoms with Crippen LogP contribution in [0.1, 0.15) is 13.3 Å². The topological polar surface area (TPSA) is 87.7 Å². The van der Waals surface area contributed by atoms with Gasteiger partial charge in [-0.2, -0.15) is 0 Å². The highest BCUT2D eigenvalue weighted by Gasteiger charge is 2.14. The Hall–Kier alpha value is -1.67. The molecule has 0 atom stereocenters. The number of halogens is 1. The van der Waals surface area contributed by atoms with Crippen molar-refractivity contribution in [2.75, 3.05) is 11.6 Å². The second-order valence-electron chi connectivity index (χ2n) is 4.10. The summed E-state index contributed by atoms with van der Waals surface area (Å²) in [6, 6.07) is 5.23. The van der Waals surface area contributed by atoms with E-state index >= 15 is 0 Å². The first-order chi connectivity index (χ1) is 10.0. The van der Waals surface area contributed by atoms with Crippen LogP contribution in [0.15, 0.2) is 32.6 Å². The quantitative estimate of drug-likeness (QED) is 0.809. The van der Waals surface area contributed by atoms with Crippen molar-refractivity contribution in [2.24, 2.45) is 0 Å². The van der Waals surface area contributed by atoms with Crippen LogP contribution >= 0.6 is 27.7 Å². The number of rotatable bonds is 4. The molecule has 0 aliphatic carbocycles. The van der Waals surface area contributed by atoms with E-state index in [-0.39, 0.29) is 17.2 Å². The highest BCUT2D eigenvalue weighted by molar-refractivity contribution is 9.10. The molecule has 6 nitrogen and oxygen atoms in total. The normalized spacial score (nSPS) is 10.4. The van der Waals surface area contributed by atoms with Crippen LogP contribution in [0.4, 0.5) is 5.69 Å². The maximum absolute atomic E-state index is 12.1. The van der Waals surface area contributed by atoms with Gasteiger partial charge >= 0.3 is 0 Å². The van der Waals surface area contributed by atoms with Crippen molar-refractivity contribution >= 4 is 39.3 Å². The summed E-state index contributed by atoms with van der Waals surface area (Å²) in [6.07, 6.45) is 2.15. The van der Waals surface area contributed by atoms with Crippen LogP contribution < -0.4 is 10.9 Å². The van der Waals surface area contributed by atoms with E-state index < -0.39 is 0 Å². The molecule has 2 aromatic rings. The van der Waals surface area contributed by atoms with Crippen molar-refractivity contribution in [3.8, 4) is 11.3 Å². The summed E-state index contributed by atoms with van der Waals surface area (Å²) < 4.78 is 0.780. The zero-order valence-electron chi connectivity index (χ0n) is 11.4. The van der Waals surface area contributed by atoms with E-state index in [9.17, 15) is 9.59 Å². The fraction of sp³-hybridized carbons (Fsp3) is 0.231. The van der Waals surface area contributed by atoms with Gasteiger partial charge in [-0.25, -0.2) is 0 Å². The van der Waals surface area contributed by atoms with Gasteiger partial charge in [0.15, 0.2) is 10.9 Å². The number of thioether (sulfide) groups is 1. The van der Waals surface area contributed by atoms with E-state index in [2.05, 4.69) is 36.4 Å². The minimum atomic E-state index is -0.348.